The van der Waals surface area contributed by atoms with Crippen LogP contribution in [0, 0.1) is 27.7 Å². The molecular formula is C22H23N3S. The molecule has 0 saturated heterocycles. The number of hydrogen-bond donors (Lipinski definition) is 1. The fourth-order valence-corrected chi connectivity index (χ4v) is 4.60. The Bertz CT molecular complexity index is 986. The summed E-state index contributed by atoms with van der Waals surface area (Å²) in [7, 11) is 0. The van der Waals surface area contributed by atoms with Gasteiger partial charge in [-0.15, -0.1) is 0 Å². The number of nitrogens with one attached hydrogen (secondary N) is 1. The molecule has 1 aliphatic heterocycles. The fraction of sp³-hybridized carbons (Fsp3) is 0.227. The molecule has 1 atom stereocenters. The van der Waals surface area contributed by atoms with Gasteiger partial charge in [0.05, 0.1) is 0 Å². The summed E-state index contributed by atoms with van der Waals surface area (Å²) in [5.74, 6) is 0. The van der Waals surface area contributed by atoms with Crippen molar-refractivity contribution in [3.05, 3.63) is 88.2 Å². The maximum absolute atomic E-state index is 4.57. The summed E-state index contributed by atoms with van der Waals surface area (Å²) < 4.78 is 2.36. The van der Waals surface area contributed by atoms with Crippen molar-refractivity contribution in [2.45, 2.75) is 33.1 Å². The van der Waals surface area contributed by atoms with Gasteiger partial charge >= 0.3 is 0 Å². The van der Waals surface area contributed by atoms with Gasteiger partial charge in [-0.25, -0.2) is 0 Å². The van der Waals surface area contributed by atoms with Crippen molar-refractivity contribution in [1.82, 2.24) is 9.99 Å². The maximum atomic E-state index is 4.57. The predicted octanol–water partition coefficient (Wildman–Crippen LogP) is 5.41. The van der Waals surface area contributed by atoms with Gasteiger partial charge in [0.2, 0.25) is 0 Å². The first-order valence-electron chi connectivity index (χ1n) is 8.87. The predicted molar refractivity (Wildman–Crippen MR) is 111 cm³/mol. The molecule has 1 aromatic heterocycles. The highest BCUT2D eigenvalue weighted by atomic mass is 32.2. The van der Waals surface area contributed by atoms with Crippen LogP contribution in [0.2, 0.25) is 0 Å². The highest BCUT2D eigenvalue weighted by Gasteiger charge is 2.26. The first-order chi connectivity index (χ1) is 12.6. The average molecular weight is 362 g/mol. The smallest absolute Gasteiger partial charge is 0.126 e. The minimum absolute atomic E-state index is 0.148. The molecule has 3 nitrogen and oxygen atoms in total. The lowest BCUT2D eigenvalue weighted by Crippen LogP contribution is -2.09. The summed E-state index contributed by atoms with van der Waals surface area (Å²) >= 11 is 1.78. The molecule has 4 rings (SSSR count). The topological polar surface area (TPSA) is 29.3 Å². The summed E-state index contributed by atoms with van der Waals surface area (Å²) in [6.07, 6.45) is 0. The number of benzene rings is 2. The minimum atomic E-state index is 0.148. The largest absolute Gasteiger partial charge is 0.318 e. The SMILES string of the molecule is Cc1cccc(-n2c(C)cc([C@H]3NN=C(c4ccccc4)S3)c2C)c1C. The van der Waals surface area contributed by atoms with E-state index in [1.807, 2.05) is 6.07 Å². The second kappa shape index (κ2) is 6.69. The summed E-state index contributed by atoms with van der Waals surface area (Å²) in [6, 6.07) is 19.1. The highest BCUT2D eigenvalue weighted by Crippen LogP contribution is 2.38. The van der Waals surface area contributed by atoms with Crippen molar-refractivity contribution in [2.24, 2.45) is 5.10 Å². The zero-order chi connectivity index (χ0) is 18.3. The van der Waals surface area contributed by atoms with Gasteiger partial charge in [-0.3, -0.25) is 5.43 Å². The Labute approximate surface area is 159 Å². The van der Waals surface area contributed by atoms with Crippen molar-refractivity contribution in [3.63, 3.8) is 0 Å². The molecule has 0 bridgehead atoms. The first kappa shape index (κ1) is 17.0. The van der Waals surface area contributed by atoms with Crippen LogP contribution in [0.4, 0.5) is 0 Å². The Morgan fingerprint density at radius 1 is 0.962 bits per heavy atom. The van der Waals surface area contributed by atoms with E-state index in [-0.39, 0.29) is 5.37 Å². The van der Waals surface area contributed by atoms with Crippen LogP contribution in [0.3, 0.4) is 0 Å². The molecule has 132 valence electrons. The molecule has 3 aromatic rings. The Balaban J connectivity index is 1.67. The minimum Gasteiger partial charge on any atom is -0.318 e. The van der Waals surface area contributed by atoms with Gasteiger partial charge in [-0.1, -0.05) is 54.2 Å². The molecular weight excluding hydrogens is 338 g/mol. The molecule has 26 heavy (non-hydrogen) atoms. The Kier molecular flexibility index (Phi) is 4.37. The third-order valence-electron chi connectivity index (χ3n) is 5.10. The number of rotatable bonds is 3. The van der Waals surface area contributed by atoms with Crippen LogP contribution in [-0.4, -0.2) is 9.61 Å². The molecule has 0 fully saturated rings. The van der Waals surface area contributed by atoms with Crippen LogP contribution >= 0.6 is 11.8 Å². The molecule has 0 spiro atoms. The average Bonchev–Trinajstić information content (AvgIpc) is 3.24. The quantitative estimate of drug-likeness (QED) is 0.676. The normalized spacial score (nSPS) is 16.5. The van der Waals surface area contributed by atoms with Crippen molar-refractivity contribution >= 4 is 16.8 Å². The van der Waals surface area contributed by atoms with E-state index in [0.717, 1.165) is 10.6 Å². The van der Waals surface area contributed by atoms with Crippen LogP contribution < -0.4 is 5.43 Å². The summed E-state index contributed by atoms with van der Waals surface area (Å²) in [5.41, 5.74) is 12.2. The molecule has 0 saturated carbocycles. The van der Waals surface area contributed by atoms with Crippen LogP contribution in [0.25, 0.3) is 5.69 Å². The summed E-state index contributed by atoms with van der Waals surface area (Å²) in [5, 5.41) is 5.77. The van der Waals surface area contributed by atoms with Crippen LogP contribution in [-0.2, 0) is 0 Å². The van der Waals surface area contributed by atoms with Gasteiger partial charge in [0.1, 0.15) is 10.4 Å². The second-order valence-corrected chi connectivity index (χ2v) is 7.88. The van der Waals surface area contributed by atoms with E-state index in [2.05, 4.69) is 91.3 Å². The number of nitrogens with zero attached hydrogens (tertiary/aromatic N) is 2. The Hall–Kier alpha value is -2.46. The van der Waals surface area contributed by atoms with E-state index in [1.165, 1.54) is 33.8 Å². The molecule has 2 heterocycles. The van der Waals surface area contributed by atoms with E-state index in [1.54, 1.807) is 11.8 Å². The lowest BCUT2D eigenvalue weighted by molar-refractivity contribution is 0.737. The third-order valence-corrected chi connectivity index (χ3v) is 6.25. The number of aromatic nitrogens is 1. The molecule has 1 aliphatic rings. The molecule has 4 heteroatoms. The molecule has 0 aliphatic carbocycles. The zero-order valence-electron chi connectivity index (χ0n) is 15.6. The number of hydrazone groups is 1. The van der Waals surface area contributed by atoms with Gasteiger partial charge in [-0.2, -0.15) is 5.10 Å². The first-order valence-corrected chi connectivity index (χ1v) is 9.75. The highest BCUT2D eigenvalue weighted by molar-refractivity contribution is 8.14. The van der Waals surface area contributed by atoms with Gasteiger partial charge in [0, 0.05) is 28.2 Å². The van der Waals surface area contributed by atoms with Crippen LogP contribution in [0.15, 0.2) is 59.7 Å². The lowest BCUT2D eigenvalue weighted by atomic mass is 10.1. The van der Waals surface area contributed by atoms with E-state index in [9.17, 15) is 0 Å². The number of aryl methyl sites for hydroxylation is 2. The van der Waals surface area contributed by atoms with Gasteiger partial charge in [-0.05, 0) is 51.0 Å². The molecule has 0 unspecified atom stereocenters. The van der Waals surface area contributed by atoms with Gasteiger partial charge in [0.25, 0.3) is 0 Å². The van der Waals surface area contributed by atoms with E-state index in [4.69, 9.17) is 0 Å². The van der Waals surface area contributed by atoms with E-state index in [0.29, 0.717) is 0 Å². The van der Waals surface area contributed by atoms with E-state index < -0.39 is 0 Å². The van der Waals surface area contributed by atoms with Crippen LogP contribution in [0.5, 0.6) is 0 Å². The number of thioether (sulfide) groups is 1. The van der Waals surface area contributed by atoms with Gasteiger partial charge < -0.3 is 4.57 Å². The molecule has 0 radical (unpaired) electrons. The van der Waals surface area contributed by atoms with E-state index >= 15 is 0 Å². The van der Waals surface area contributed by atoms with Crippen molar-refractivity contribution in [2.75, 3.05) is 0 Å². The van der Waals surface area contributed by atoms with Gasteiger partial charge in [0.15, 0.2) is 0 Å². The monoisotopic (exact) mass is 361 g/mol. The Morgan fingerprint density at radius 3 is 2.50 bits per heavy atom. The number of hydrogen-bond acceptors (Lipinski definition) is 3. The molecule has 2 aromatic carbocycles. The standard InChI is InChI=1S/C22H23N3S/c1-14-9-8-12-20(16(14)3)25-15(2)13-19(17(25)4)22-24-23-21(26-22)18-10-6-5-7-11-18/h5-13,22,24H,1-4H3/t22-/m0/s1. The Morgan fingerprint density at radius 2 is 1.73 bits per heavy atom. The summed E-state index contributed by atoms with van der Waals surface area (Å²) in [4.78, 5) is 0. The van der Waals surface area contributed by atoms with Crippen molar-refractivity contribution in [3.8, 4) is 5.69 Å². The summed E-state index contributed by atoms with van der Waals surface area (Å²) in [6.45, 7) is 8.74. The van der Waals surface area contributed by atoms with Crippen molar-refractivity contribution < 1.29 is 0 Å². The van der Waals surface area contributed by atoms with Crippen LogP contribution in [0.1, 0.15) is 39.0 Å². The fourth-order valence-electron chi connectivity index (χ4n) is 3.53. The second-order valence-electron chi connectivity index (χ2n) is 6.79. The molecule has 0 amide bonds. The third kappa shape index (κ3) is 2.84. The molecule has 1 N–H and O–H groups in total. The maximum Gasteiger partial charge on any atom is 0.126 e. The van der Waals surface area contributed by atoms with Crippen molar-refractivity contribution in [1.29, 1.82) is 0 Å². The lowest BCUT2D eigenvalue weighted by Gasteiger charge is -2.15. The zero-order valence-corrected chi connectivity index (χ0v) is 16.4.